The Morgan fingerprint density at radius 2 is 1.89 bits per heavy atom. The maximum Gasteiger partial charge on any atom is 0.308 e. The van der Waals surface area contributed by atoms with Gasteiger partial charge in [-0.1, -0.05) is 26.2 Å². The van der Waals surface area contributed by atoms with Gasteiger partial charge >= 0.3 is 5.97 Å². The van der Waals surface area contributed by atoms with Gasteiger partial charge in [0, 0.05) is 12.1 Å². The molecule has 1 saturated carbocycles. The van der Waals surface area contributed by atoms with Gasteiger partial charge in [0.2, 0.25) is 0 Å². The number of nitrogens with one attached hydrogen (secondary N) is 1. The van der Waals surface area contributed by atoms with Crippen LogP contribution in [0.25, 0.3) is 0 Å². The van der Waals surface area contributed by atoms with Crippen LogP contribution in [-0.2, 0) is 9.53 Å². The van der Waals surface area contributed by atoms with E-state index in [1.54, 1.807) is 0 Å². The minimum atomic E-state index is 0.0111. The molecule has 112 valence electrons. The van der Waals surface area contributed by atoms with Crippen LogP contribution in [0.4, 0.5) is 0 Å². The Labute approximate surface area is 118 Å². The second-order valence-corrected chi connectivity index (χ2v) is 5.86. The van der Waals surface area contributed by atoms with Crippen molar-refractivity contribution in [3.05, 3.63) is 0 Å². The molecule has 0 bridgehead atoms. The fourth-order valence-electron chi connectivity index (χ4n) is 2.94. The minimum Gasteiger partial charge on any atom is -0.466 e. The van der Waals surface area contributed by atoms with E-state index in [1.807, 2.05) is 6.92 Å². The molecule has 0 spiro atoms. The van der Waals surface area contributed by atoms with Gasteiger partial charge in [-0.15, -0.1) is 0 Å². The maximum atomic E-state index is 11.7. The van der Waals surface area contributed by atoms with Gasteiger partial charge in [0.05, 0.1) is 12.5 Å². The lowest BCUT2D eigenvalue weighted by molar-refractivity contribution is -0.149. The Hall–Kier alpha value is -0.570. The zero-order valence-corrected chi connectivity index (χ0v) is 12.9. The Morgan fingerprint density at radius 1 is 1.21 bits per heavy atom. The highest BCUT2D eigenvalue weighted by molar-refractivity contribution is 5.72. The molecule has 0 aromatic rings. The summed E-state index contributed by atoms with van der Waals surface area (Å²) in [6.07, 6.45) is 9.41. The quantitative estimate of drug-likeness (QED) is 0.540. The van der Waals surface area contributed by atoms with Gasteiger partial charge in [-0.2, -0.15) is 0 Å². The number of rotatable bonds is 8. The van der Waals surface area contributed by atoms with E-state index >= 15 is 0 Å². The molecule has 0 aromatic carbocycles. The van der Waals surface area contributed by atoms with Gasteiger partial charge in [-0.05, 0) is 46.0 Å². The highest BCUT2D eigenvalue weighted by atomic mass is 16.5. The molecule has 0 amide bonds. The Bertz CT molecular complexity index is 247. The summed E-state index contributed by atoms with van der Waals surface area (Å²) in [5.74, 6) is 0.158. The number of carbonyl (C=O) groups excluding carboxylic acids is 1. The lowest BCUT2D eigenvalue weighted by Gasteiger charge is -2.30. The van der Waals surface area contributed by atoms with Gasteiger partial charge in [0.15, 0.2) is 0 Å². The molecular weight excluding hydrogens is 238 g/mol. The average molecular weight is 269 g/mol. The van der Waals surface area contributed by atoms with E-state index in [2.05, 4.69) is 19.2 Å². The number of hydrogen-bond acceptors (Lipinski definition) is 3. The number of hydrogen-bond donors (Lipinski definition) is 1. The Balaban J connectivity index is 2.17. The van der Waals surface area contributed by atoms with E-state index in [0.717, 1.165) is 25.7 Å². The average Bonchev–Trinajstić information content (AvgIpc) is 2.40. The summed E-state index contributed by atoms with van der Waals surface area (Å²) in [6.45, 7) is 6.91. The number of esters is 1. The fourth-order valence-corrected chi connectivity index (χ4v) is 2.94. The fraction of sp³-hybridized carbons (Fsp3) is 0.938. The van der Waals surface area contributed by atoms with Gasteiger partial charge in [-0.25, -0.2) is 0 Å². The van der Waals surface area contributed by atoms with Crippen molar-refractivity contribution < 1.29 is 9.53 Å². The van der Waals surface area contributed by atoms with Crippen molar-refractivity contribution >= 4 is 5.97 Å². The van der Waals surface area contributed by atoms with Crippen LogP contribution in [0.15, 0.2) is 0 Å². The number of carbonyl (C=O) groups is 1. The predicted octanol–water partition coefficient (Wildman–Crippen LogP) is 3.67. The molecule has 1 aliphatic carbocycles. The zero-order valence-electron chi connectivity index (χ0n) is 12.9. The molecule has 1 N–H and O–H groups in total. The van der Waals surface area contributed by atoms with Crippen LogP contribution in [0.5, 0.6) is 0 Å². The first-order valence-corrected chi connectivity index (χ1v) is 8.10. The van der Waals surface area contributed by atoms with Crippen molar-refractivity contribution in [1.29, 1.82) is 0 Å². The first-order valence-electron chi connectivity index (χ1n) is 8.10. The summed E-state index contributed by atoms with van der Waals surface area (Å²) >= 11 is 0. The van der Waals surface area contributed by atoms with Crippen LogP contribution in [-0.4, -0.2) is 24.7 Å². The summed E-state index contributed by atoms with van der Waals surface area (Å²) in [5.41, 5.74) is 0. The first kappa shape index (κ1) is 16.5. The number of unbranched alkanes of at least 4 members (excludes halogenated alkanes) is 2. The third-order valence-electron chi connectivity index (χ3n) is 4.11. The van der Waals surface area contributed by atoms with Gasteiger partial charge < -0.3 is 10.1 Å². The van der Waals surface area contributed by atoms with Gasteiger partial charge in [0.1, 0.15) is 0 Å². The molecule has 1 rings (SSSR count). The van der Waals surface area contributed by atoms with E-state index in [-0.39, 0.29) is 11.9 Å². The summed E-state index contributed by atoms with van der Waals surface area (Å²) in [6, 6.07) is 1.21. The zero-order chi connectivity index (χ0) is 14.1. The summed E-state index contributed by atoms with van der Waals surface area (Å²) < 4.78 is 5.10. The lowest BCUT2D eigenvalue weighted by atomic mass is 9.85. The Morgan fingerprint density at radius 3 is 2.47 bits per heavy atom. The molecule has 1 unspecified atom stereocenters. The number of ether oxygens (including phenoxy) is 1. The van der Waals surface area contributed by atoms with Gasteiger partial charge in [0.25, 0.3) is 0 Å². The van der Waals surface area contributed by atoms with E-state index in [9.17, 15) is 4.79 Å². The topological polar surface area (TPSA) is 38.3 Å². The predicted molar refractivity (Wildman–Crippen MR) is 79.1 cm³/mol. The molecule has 19 heavy (non-hydrogen) atoms. The first-order chi connectivity index (χ1) is 9.17. The van der Waals surface area contributed by atoms with E-state index in [4.69, 9.17) is 4.74 Å². The molecule has 0 radical (unpaired) electrons. The SMILES string of the molecule is CCCCCC(C)NC1CCC(C(=O)OCC)CC1. The van der Waals surface area contributed by atoms with Crippen molar-refractivity contribution in [2.45, 2.75) is 84.2 Å². The molecule has 3 heteroatoms. The normalized spacial score (nSPS) is 25.0. The largest absolute Gasteiger partial charge is 0.466 e. The molecule has 1 fully saturated rings. The molecule has 3 nitrogen and oxygen atoms in total. The van der Waals surface area contributed by atoms with Crippen molar-refractivity contribution in [2.75, 3.05) is 6.61 Å². The van der Waals surface area contributed by atoms with E-state index in [0.29, 0.717) is 18.7 Å². The lowest BCUT2D eigenvalue weighted by Crippen LogP contribution is -2.40. The summed E-state index contributed by atoms with van der Waals surface area (Å²) in [4.78, 5) is 11.7. The highest BCUT2D eigenvalue weighted by Gasteiger charge is 2.27. The van der Waals surface area contributed by atoms with Crippen LogP contribution < -0.4 is 5.32 Å². The van der Waals surface area contributed by atoms with Crippen LogP contribution in [0.3, 0.4) is 0 Å². The molecular formula is C16H31NO2. The van der Waals surface area contributed by atoms with Crippen molar-refractivity contribution in [3.8, 4) is 0 Å². The monoisotopic (exact) mass is 269 g/mol. The van der Waals surface area contributed by atoms with Crippen LogP contribution in [0.1, 0.15) is 72.1 Å². The molecule has 0 saturated heterocycles. The van der Waals surface area contributed by atoms with Gasteiger partial charge in [-0.3, -0.25) is 4.79 Å². The van der Waals surface area contributed by atoms with E-state index in [1.165, 1.54) is 25.7 Å². The smallest absolute Gasteiger partial charge is 0.308 e. The van der Waals surface area contributed by atoms with Crippen LogP contribution in [0.2, 0.25) is 0 Å². The summed E-state index contributed by atoms with van der Waals surface area (Å²) in [7, 11) is 0. The van der Waals surface area contributed by atoms with Crippen molar-refractivity contribution in [2.24, 2.45) is 5.92 Å². The molecule has 1 aliphatic rings. The minimum absolute atomic E-state index is 0.0111. The molecule has 0 heterocycles. The summed E-state index contributed by atoms with van der Waals surface area (Å²) in [5, 5.41) is 3.72. The second-order valence-electron chi connectivity index (χ2n) is 5.86. The van der Waals surface area contributed by atoms with Crippen molar-refractivity contribution in [1.82, 2.24) is 5.32 Å². The van der Waals surface area contributed by atoms with Crippen molar-refractivity contribution in [3.63, 3.8) is 0 Å². The molecule has 1 atom stereocenters. The Kier molecular flexibility index (Phi) is 8.11. The van der Waals surface area contributed by atoms with E-state index < -0.39 is 0 Å². The third kappa shape index (κ3) is 6.42. The third-order valence-corrected chi connectivity index (χ3v) is 4.11. The highest BCUT2D eigenvalue weighted by Crippen LogP contribution is 2.25. The van der Waals surface area contributed by atoms with Crippen LogP contribution >= 0.6 is 0 Å². The maximum absolute atomic E-state index is 11.7. The second kappa shape index (κ2) is 9.35. The standard InChI is InChI=1S/C16H31NO2/c1-4-6-7-8-13(3)17-15-11-9-14(10-12-15)16(18)19-5-2/h13-15,17H,4-12H2,1-3H3. The van der Waals surface area contributed by atoms with Crippen LogP contribution in [0, 0.1) is 5.92 Å². The molecule has 0 aromatic heterocycles. The molecule has 0 aliphatic heterocycles.